The van der Waals surface area contributed by atoms with Crippen molar-refractivity contribution in [3.05, 3.63) is 74.6 Å². The smallest absolute Gasteiger partial charge is 0.266 e. The standard InChI is InChI=1S/C16H13Cl2NO3S.CH2Cl2/c1-11(9-12-5-3-2-4-6-12)23(21,22)19-16(20)14-8-7-13(17)10-15(14)18;2-1-3/h2-10H,1H3,(H,19,20);1H2. The molecule has 0 aliphatic carbocycles. The van der Waals surface area contributed by atoms with Gasteiger partial charge in [0.15, 0.2) is 0 Å². The zero-order chi connectivity index (χ0) is 19.7. The molecule has 0 atom stereocenters. The molecule has 0 saturated heterocycles. The quantitative estimate of drug-likeness (QED) is 0.617. The number of carbonyl (C=O) groups excluding carboxylic acids is 1. The van der Waals surface area contributed by atoms with Crippen LogP contribution in [0.2, 0.25) is 10.0 Å². The lowest BCUT2D eigenvalue weighted by Crippen LogP contribution is -2.31. The topological polar surface area (TPSA) is 63.2 Å². The Morgan fingerprint density at radius 1 is 1.08 bits per heavy atom. The van der Waals surface area contributed by atoms with Gasteiger partial charge in [-0.15, -0.1) is 23.2 Å². The minimum Gasteiger partial charge on any atom is -0.268 e. The molecule has 9 heteroatoms. The average molecular weight is 455 g/mol. The summed E-state index contributed by atoms with van der Waals surface area (Å²) in [6.45, 7) is 1.41. The third-order valence-corrected chi connectivity index (χ3v) is 4.96. The van der Waals surface area contributed by atoms with E-state index in [1.54, 1.807) is 24.3 Å². The molecule has 1 amide bonds. The fraction of sp³-hybridized carbons (Fsp3) is 0.118. The maximum atomic E-state index is 12.2. The van der Waals surface area contributed by atoms with Gasteiger partial charge in [-0.3, -0.25) is 4.79 Å². The molecule has 2 aromatic carbocycles. The van der Waals surface area contributed by atoms with Gasteiger partial charge in [0.1, 0.15) is 0 Å². The van der Waals surface area contributed by atoms with Crippen LogP contribution in [0.15, 0.2) is 53.4 Å². The minimum atomic E-state index is -3.96. The molecule has 26 heavy (non-hydrogen) atoms. The summed E-state index contributed by atoms with van der Waals surface area (Å²) in [5.74, 6) is -0.813. The van der Waals surface area contributed by atoms with Crippen LogP contribution in [0.3, 0.4) is 0 Å². The van der Waals surface area contributed by atoms with Gasteiger partial charge in [-0.2, -0.15) is 0 Å². The molecule has 0 radical (unpaired) electrons. The maximum absolute atomic E-state index is 12.2. The second-order valence-electron chi connectivity index (χ2n) is 4.83. The van der Waals surface area contributed by atoms with Gasteiger partial charge in [0.05, 0.1) is 20.8 Å². The van der Waals surface area contributed by atoms with E-state index in [2.05, 4.69) is 0 Å². The summed E-state index contributed by atoms with van der Waals surface area (Å²) in [4.78, 5) is 12.1. The van der Waals surface area contributed by atoms with Crippen molar-refractivity contribution in [1.29, 1.82) is 0 Å². The van der Waals surface area contributed by atoms with E-state index in [-0.39, 0.29) is 20.8 Å². The third kappa shape index (κ3) is 7.17. The second kappa shape index (κ2) is 10.8. The first kappa shape index (κ1) is 22.8. The first-order valence-corrected chi connectivity index (χ1v) is 10.4. The highest BCUT2D eigenvalue weighted by Gasteiger charge is 2.20. The fourth-order valence-electron chi connectivity index (χ4n) is 1.79. The highest BCUT2D eigenvalue weighted by Crippen LogP contribution is 2.21. The summed E-state index contributed by atoms with van der Waals surface area (Å²) in [6, 6.07) is 13.1. The van der Waals surface area contributed by atoms with E-state index in [1.807, 2.05) is 10.8 Å². The lowest BCUT2D eigenvalue weighted by molar-refractivity contribution is 0.0982. The van der Waals surface area contributed by atoms with Crippen LogP contribution in [0.1, 0.15) is 22.8 Å². The molecule has 0 aliphatic heterocycles. The number of rotatable bonds is 4. The van der Waals surface area contributed by atoms with E-state index in [9.17, 15) is 13.2 Å². The van der Waals surface area contributed by atoms with Crippen molar-refractivity contribution >= 4 is 68.4 Å². The second-order valence-corrected chi connectivity index (χ2v) is 8.33. The van der Waals surface area contributed by atoms with E-state index in [0.717, 1.165) is 0 Å². The number of nitrogens with one attached hydrogen (secondary N) is 1. The molecule has 0 aliphatic rings. The first-order valence-electron chi connectivity index (χ1n) is 7.08. The Morgan fingerprint density at radius 2 is 1.65 bits per heavy atom. The molecule has 0 bridgehead atoms. The number of allylic oxidation sites excluding steroid dienone is 1. The highest BCUT2D eigenvalue weighted by molar-refractivity contribution is 7.94. The molecule has 0 aromatic heterocycles. The monoisotopic (exact) mass is 453 g/mol. The summed E-state index contributed by atoms with van der Waals surface area (Å²) in [6.07, 6.45) is 1.47. The van der Waals surface area contributed by atoms with Crippen molar-refractivity contribution in [3.8, 4) is 0 Å². The number of hydrogen-bond donors (Lipinski definition) is 1. The number of halogens is 4. The van der Waals surface area contributed by atoms with E-state index in [1.165, 1.54) is 31.2 Å². The van der Waals surface area contributed by atoms with Gasteiger partial charge >= 0.3 is 0 Å². The zero-order valence-corrected chi connectivity index (χ0v) is 17.4. The summed E-state index contributed by atoms with van der Waals surface area (Å²) in [7, 11) is -3.96. The molecule has 0 spiro atoms. The number of benzene rings is 2. The van der Waals surface area contributed by atoms with Crippen molar-refractivity contribution in [1.82, 2.24) is 4.72 Å². The Labute approximate surface area is 172 Å². The van der Waals surface area contributed by atoms with Gasteiger partial charge in [0.2, 0.25) is 0 Å². The van der Waals surface area contributed by atoms with Crippen molar-refractivity contribution in [2.75, 3.05) is 5.34 Å². The van der Waals surface area contributed by atoms with Crippen LogP contribution in [0.4, 0.5) is 0 Å². The first-order chi connectivity index (χ1) is 12.2. The SMILES string of the molecule is CC(=Cc1ccccc1)S(=O)(=O)NC(=O)c1ccc(Cl)cc1Cl.ClCCl. The Balaban J connectivity index is 0.00000105. The van der Waals surface area contributed by atoms with Crippen molar-refractivity contribution in [2.24, 2.45) is 0 Å². The van der Waals surface area contributed by atoms with E-state index in [4.69, 9.17) is 46.4 Å². The molecular weight excluding hydrogens is 440 g/mol. The Bertz CT molecular complexity index is 884. The van der Waals surface area contributed by atoms with Crippen LogP contribution >= 0.6 is 46.4 Å². The van der Waals surface area contributed by atoms with Gasteiger partial charge in [0, 0.05) is 5.02 Å². The maximum Gasteiger partial charge on any atom is 0.266 e. The molecule has 0 fully saturated rings. The Hall–Kier alpha value is -1.24. The molecule has 0 heterocycles. The van der Waals surface area contributed by atoms with Crippen molar-refractivity contribution in [2.45, 2.75) is 6.92 Å². The summed E-state index contributed by atoms with van der Waals surface area (Å²) >= 11 is 21.2. The zero-order valence-electron chi connectivity index (χ0n) is 13.5. The average Bonchev–Trinajstić information content (AvgIpc) is 2.55. The molecule has 140 valence electrons. The van der Waals surface area contributed by atoms with Crippen LogP contribution < -0.4 is 4.72 Å². The normalized spacial score (nSPS) is 11.3. The molecule has 4 nitrogen and oxygen atoms in total. The molecule has 0 unspecified atom stereocenters. The summed E-state index contributed by atoms with van der Waals surface area (Å²) in [5.41, 5.74) is 0.750. The lowest BCUT2D eigenvalue weighted by Gasteiger charge is -2.08. The number of sulfonamides is 1. The van der Waals surface area contributed by atoms with Crippen molar-refractivity contribution in [3.63, 3.8) is 0 Å². The molecular formula is C17H15Cl4NO3S. The Kier molecular flexibility index (Phi) is 9.47. The molecule has 2 aromatic rings. The van der Waals surface area contributed by atoms with Gasteiger partial charge in [-0.05, 0) is 36.8 Å². The van der Waals surface area contributed by atoms with Gasteiger partial charge in [-0.1, -0.05) is 53.5 Å². The summed E-state index contributed by atoms with van der Waals surface area (Å²) < 4.78 is 26.4. The largest absolute Gasteiger partial charge is 0.268 e. The van der Waals surface area contributed by atoms with Crippen LogP contribution in [-0.4, -0.2) is 19.7 Å². The highest BCUT2D eigenvalue weighted by atomic mass is 35.5. The van der Waals surface area contributed by atoms with Gasteiger partial charge < -0.3 is 0 Å². The van der Waals surface area contributed by atoms with Gasteiger partial charge in [0.25, 0.3) is 15.9 Å². The number of carbonyl (C=O) groups is 1. The molecule has 0 saturated carbocycles. The lowest BCUT2D eigenvalue weighted by atomic mass is 10.2. The van der Waals surface area contributed by atoms with Crippen LogP contribution in [-0.2, 0) is 10.0 Å². The molecule has 2 rings (SSSR count). The van der Waals surface area contributed by atoms with Gasteiger partial charge in [-0.25, -0.2) is 13.1 Å². The summed E-state index contributed by atoms with van der Waals surface area (Å²) in [5, 5.41) is 0.629. The van der Waals surface area contributed by atoms with E-state index in [0.29, 0.717) is 10.6 Å². The third-order valence-electron chi connectivity index (χ3n) is 3.00. The van der Waals surface area contributed by atoms with E-state index >= 15 is 0 Å². The van der Waals surface area contributed by atoms with Crippen LogP contribution in [0.5, 0.6) is 0 Å². The predicted octanol–water partition coefficient (Wildman–Crippen LogP) is 5.54. The van der Waals surface area contributed by atoms with Crippen LogP contribution in [0.25, 0.3) is 6.08 Å². The molecule has 1 N–H and O–H groups in total. The number of alkyl halides is 2. The van der Waals surface area contributed by atoms with Crippen molar-refractivity contribution < 1.29 is 13.2 Å². The fourth-order valence-corrected chi connectivity index (χ4v) is 3.09. The predicted molar refractivity (Wildman–Crippen MR) is 110 cm³/mol. The van der Waals surface area contributed by atoms with E-state index < -0.39 is 15.9 Å². The minimum absolute atomic E-state index is 0.0159. The Morgan fingerprint density at radius 3 is 2.19 bits per heavy atom. The van der Waals surface area contributed by atoms with Crippen LogP contribution in [0, 0.1) is 0 Å². The number of amides is 1. The number of hydrogen-bond acceptors (Lipinski definition) is 3.